The van der Waals surface area contributed by atoms with Gasteiger partial charge in [0.25, 0.3) is 0 Å². The van der Waals surface area contributed by atoms with Gasteiger partial charge in [0.05, 0.1) is 0 Å². The van der Waals surface area contributed by atoms with Gasteiger partial charge in [0.2, 0.25) is 0 Å². The van der Waals surface area contributed by atoms with Crippen LogP contribution in [0.5, 0.6) is 0 Å². The molecular weight excluding hydrogens is 210 g/mol. The van der Waals surface area contributed by atoms with Gasteiger partial charge in [-0.05, 0) is 0 Å². The maximum Gasteiger partial charge on any atom is 0.195 e. The molecule has 13 heavy (non-hydrogen) atoms. The minimum absolute atomic E-state index is 0.142. The molecule has 0 radical (unpaired) electrons. The Kier molecular flexibility index (Phi) is 2.67. The first-order chi connectivity index (χ1) is 5.88. The summed E-state index contributed by atoms with van der Waals surface area (Å²) in [6.07, 6.45) is 1.25. The first-order valence-corrected chi connectivity index (χ1v) is 6.21. The van der Waals surface area contributed by atoms with E-state index in [0.29, 0.717) is 10.8 Å². The van der Waals surface area contributed by atoms with Crippen molar-refractivity contribution in [1.29, 1.82) is 4.78 Å². The Morgan fingerprint density at radius 1 is 1.77 bits per heavy atom. The quantitative estimate of drug-likeness (QED) is 0.753. The number of carbonyl (C=O) groups is 1. The Bertz CT molecular complexity index is 421. The fraction of sp³-hybridized carbons (Fsp3) is 0.333. The molecule has 5 nitrogen and oxygen atoms in total. The van der Waals surface area contributed by atoms with Gasteiger partial charge in [-0.2, -0.15) is 0 Å². The number of hydrogen-bond acceptors (Lipinski definition) is 5. The average Bonchev–Trinajstić information content (AvgIpc) is 2.31. The van der Waals surface area contributed by atoms with Crippen LogP contribution in [0.2, 0.25) is 0 Å². The first-order valence-electron chi connectivity index (χ1n) is 3.36. The first kappa shape index (κ1) is 10.1. The van der Waals surface area contributed by atoms with Crippen LogP contribution in [0, 0.1) is 4.78 Å². The van der Waals surface area contributed by atoms with E-state index in [1.807, 2.05) is 0 Å². The van der Waals surface area contributed by atoms with Crippen LogP contribution in [0.1, 0.15) is 17.4 Å². The number of anilines is 1. The Hall–Kier alpha value is -0.950. The lowest BCUT2D eigenvalue weighted by Crippen LogP contribution is -2.07. The largest absolute Gasteiger partial charge is 0.293 e. The van der Waals surface area contributed by atoms with Gasteiger partial charge in [0.1, 0.15) is 15.6 Å². The summed E-state index contributed by atoms with van der Waals surface area (Å²) in [5.74, 6) is -0.142. The highest BCUT2D eigenvalue weighted by Gasteiger charge is 2.07. The normalized spacial score (nSPS) is 14.9. The van der Waals surface area contributed by atoms with Crippen LogP contribution >= 0.6 is 11.3 Å². The van der Waals surface area contributed by atoms with Crippen LogP contribution in [-0.2, 0) is 9.92 Å². The maximum absolute atomic E-state index is 11.0. The van der Waals surface area contributed by atoms with Crippen molar-refractivity contribution in [3.8, 4) is 0 Å². The lowest BCUT2D eigenvalue weighted by atomic mass is 10.4. The van der Waals surface area contributed by atoms with E-state index in [1.54, 1.807) is 5.38 Å². The van der Waals surface area contributed by atoms with Gasteiger partial charge in [0.15, 0.2) is 10.9 Å². The van der Waals surface area contributed by atoms with E-state index in [2.05, 4.69) is 9.71 Å². The van der Waals surface area contributed by atoms with Gasteiger partial charge >= 0.3 is 0 Å². The molecule has 0 saturated heterocycles. The molecule has 1 atom stereocenters. The lowest BCUT2D eigenvalue weighted by molar-refractivity contribution is 0.101. The van der Waals surface area contributed by atoms with Gasteiger partial charge in [-0.1, -0.05) is 0 Å². The van der Waals surface area contributed by atoms with E-state index in [1.165, 1.54) is 13.2 Å². The van der Waals surface area contributed by atoms with Crippen LogP contribution in [0.25, 0.3) is 0 Å². The van der Waals surface area contributed by atoms with E-state index < -0.39 is 9.92 Å². The van der Waals surface area contributed by atoms with Crippen LogP contribution in [0.3, 0.4) is 0 Å². The Morgan fingerprint density at radius 3 is 2.77 bits per heavy atom. The van der Waals surface area contributed by atoms with E-state index >= 15 is 0 Å². The summed E-state index contributed by atoms with van der Waals surface area (Å²) in [7, 11) is -2.80. The third-order valence-electron chi connectivity index (χ3n) is 1.15. The molecule has 0 aliphatic heterocycles. The molecule has 72 valence electrons. The predicted octanol–water partition coefficient (Wildman–Crippen LogP) is 1.35. The molecule has 1 aromatic rings. The van der Waals surface area contributed by atoms with Gasteiger partial charge in [-0.25, -0.2) is 14.0 Å². The second-order valence-electron chi connectivity index (χ2n) is 2.54. The van der Waals surface area contributed by atoms with Crippen molar-refractivity contribution in [2.24, 2.45) is 0 Å². The zero-order valence-corrected chi connectivity index (χ0v) is 8.79. The molecular formula is C6H9N3O2S2. The third-order valence-corrected chi connectivity index (χ3v) is 2.62. The number of nitrogens with one attached hydrogen (secondary N) is 2. The van der Waals surface area contributed by atoms with E-state index in [-0.39, 0.29) is 5.78 Å². The summed E-state index contributed by atoms with van der Waals surface area (Å²) in [5, 5.41) is 1.91. The number of ketones is 1. The van der Waals surface area contributed by atoms with Crippen molar-refractivity contribution in [1.82, 2.24) is 4.98 Å². The van der Waals surface area contributed by atoms with Crippen molar-refractivity contribution in [2.75, 3.05) is 11.0 Å². The van der Waals surface area contributed by atoms with Crippen LogP contribution in [0.4, 0.5) is 5.13 Å². The number of nitrogens with zero attached hydrogens (tertiary/aromatic N) is 1. The fourth-order valence-corrected chi connectivity index (χ4v) is 2.29. The van der Waals surface area contributed by atoms with Crippen molar-refractivity contribution >= 4 is 32.2 Å². The molecule has 1 rings (SSSR count). The molecule has 0 fully saturated rings. The smallest absolute Gasteiger partial charge is 0.195 e. The second kappa shape index (κ2) is 3.43. The molecule has 0 bridgehead atoms. The number of Topliss-reactive ketones (excluding diaryl/α,β-unsaturated/α-hetero) is 1. The molecule has 0 aliphatic carbocycles. The fourth-order valence-electron chi connectivity index (χ4n) is 0.649. The van der Waals surface area contributed by atoms with Crippen molar-refractivity contribution in [3.63, 3.8) is 0 Å². The molecule has 0 spiro atoms. The summed E-state index contributed by atoms with van der Waals surface area (Å²) < 4.78 is 20.5. The third kappa shape index (κ3) is 3.11. The highest BCUT2D eigenvalue weighted by molar-refractivity contribution is 7.93. The zero-order valence-electron chi connectivity index (χ0n) is 7.16. The maximum atomic E-state index is 11.0. The van der Waals surface area contributed by atoms with E-state index in [9.17, 15) is 9.00 Å². The highest BCUT2D eigenvalue weighted by Crippen LogP contribution is 2.16. The highest BCUT2D eigenvalue weighted by atomic mass is 32.2. The minimum Gasteiger partial charge on any atom is -0.293 e. The van der Waals surface area contributed by atoms with Gasteiger partial charge in [-0.15, -0.1) is 11.3 Å². The number of rotatable bonds is 3. The molecule has 2 N–H and O–H groups in total. The Morgan fingerprint density at radius 2 is 2.38 bits per heavy atom. The molecule has 1 aromatic heterocycles. The second-order valence-corrected chi connectivity index (χ2v) is 5.29. The van der Waals surface area contributed by atoms with Gasteiger partial charge in [-0.3, -0.25) is 9.52 Å². The zero-order chi connectivity index (χ0) is 10.1. The molecule has 0 amide bonds. The predicted molar refractivity (Wildman–Crippen MR) is 52.5 cm³/mol. The van der Waals surface area contributed by atoms with Crippen LogP contribution < -0.4 is 4.72 Å². The summed E-state index contributed by atoms with van der Waals surface area (Å²) in [5.41, 5.74) is 0.330. The number of thiazole rings is 1. The minimum atomic E-state index is -2.80. The van der Waals surface area contributed by atoms with Gasteiger partial charge in [0, 0.05) is 18.6 Å². The monoisotopic (exact) mass is 219 g/mol. The standard InChI is InChI=1S/C6H9N3O2S2/c1-4(10)5-3-12-6(8-5)9-13(2,7)11/h3H,1-2H3,(H2,7,8,9,11). The van der Waals surface area contributed by atoms with Crippen LogP contribution in [0.15, 0.2) is 5.38 Å². The number of hydrogen-bond donors (Lipinski definition) is 2. The van der Waals surface area contributed by atoms with Crippen molar-refractivity contribution in [2.45, 2.75) is 6.92 Å². The van der Waals surface area contributed by atoms with Gasteiger partial charge < -0.3 is 0 Å². The Balaban J connectivity index is 2.87. The number of aromatic nitrogens is 1. The molecule has 0 saturated carbocycles. The molecule has 0 aliphatic rings. The van der Waals surface area contributed by atoms with Crippen molar-refractivity contribution < 1.29 is 9.00 Å². The molecule has 1 unspecified atom stereocenters. The molecule has 1 heterocycles. The summed E-state index contributed by atoms with van der Waals surface area (Å²) in [6, 6.07) is 0. The number of carbonyl (C=O) groups excluding carboxylic acids is 1. The topological polar surface area (TPSA) is 82.9 Å². The van der Waals surface area contributed by atoms with E-state index in [0.717, 1.165) is 11.3 Å². The summed E-state index contributed by atoms with van der Waals surface area (Å²) >= 11 is 1.16. The Labute approximate surface area is 80.3 Å². The SMILES string of the molecule is CC(=O)c1csc(NS(C)(=N)=O)n1. The lowest BCUT2D eigenvalue weighted by Gasteiger charge is -1.99. The van der Waals surface area contributed by atoms with Crippen molar-refractivity contribution in [3.05, 3.63) is 11.1 Å². The molecule has 7 heteroatoms. The average molecular weight is 219 g/mol. The van der Waals surface area contributed by atoms with Crippen LogP contribution in [-0.4, -0.2) is 21.2 Å². The summed E-state index contributed by atoms with van der Waals surface area (Å²) in [6.45, 7) is 1.41. The van der Waals surface area contributed by atoms with E-state index in [4.69, 9.17) is 4.78 Å². The molecule has 0 aromatic carbocycles. The summed E-state index contributed by atoms with van der Waals surface area (Å²) in [4.78, 5) is 14.7.